The van der Waals surface area contributed by atoms with Crippen molar-refractivity contribution >= 4 is 0 Å². The van der Waals surface area contributed by atoms with Crippen LogP contribution in [0.25, 0.3) is 0 Å². The number of aryl methyl sites for hydroxylation is 1. The Morgan fingerprint density at radius 3 is 2.50 bits per heavy atom. The smallest absolute Gasteiger partial charge is 0.146 e. The lowest BCUT2D eigenvalue weighted by Gasteiger charge is -2.10. The van der Waals surface area contributed by atoms with Crippen molar-refractivity contribution in [3.63, 3.8) is 0 Å². The lowest BCUT2D eigenvalue weighted by atomic mass is 10.2. The van der Waals surface area contributed by atoms with Crippen LogP contribution in [0.3, 0.4) is 0 Å². The van der Waals surface area contributed by atoms with Crippen molar-refractivity contribution in [1.29, 1.82) is 0 Å². The first-order valence-corrected chi connectivity index (χ1v) is 6.48. The predicted octanol–water partition coefficient (Wildman–Crippen LogP) is 2.71. The molecule has 0 aliphatic carbocycles. The zero-order valence-corrected chi connectivity index (χ0v) is 11.9. The van der Waals surface area contributed by atoms with E-state index < -0.39 is 0 Å². The Bertz CT molecular complexity index is 534. The Hall–Kier alpha value is -1.58. The molecule has 2 heterocycles. The van der Waals surface area contributed by atoms with Gasteiger partial charge in [0.15, 0.2) is 0 Å². The molecule has 2 aromatic rings. The zero-order valence-electron chi connectivity index (χ0n) is 11.9. The van der Waals surface area contributed by atoms with E-state index in [9.17, 15) is 0 Å². The van der Waals surface area contributed by atoms with E-state index in [4.69, 9.17) is 0 Å². The normalized spacial score (nSPS) is 11.4. The molecule has 2 aromatic heterocycles. The van der Waals surface area contributed by atoms with Gasteiger partial charge in [-0.1, -0.05) is 13.8 Å². The van der Waals surface area contributed by atoms with Crippen molar-refractivity contribution in [1.82, 2.24) is 19.3 Å². The Morgan fingerprint density at radius 2 is 1.94 bits per heavy atom. The first-order chi connectivity index (χ1) is 8.49. The summed E-state index contributed by atoms with van der Waals surface area (Å²) < 4.78 is 4.26. The molecular formula is C14H22N4. The van der Waals surface area contributed by atoms with E-state index in [0.717, 1.165) is 18.9 Å². The molecule has 4 heteroatoms. The van der Waals surface area contributed by atoms with E-state index in [0.29, 0.717) is 5.92 Å². The Morgan fingerprint density at radius 1 is 1.22 bits per heavy atom. The van der Waals surface area contributed by atoms with Gasteiger partial charge in [0, 0.05) is 18.4 Å². The van der Waals surface area contributed by atoms with Crippen molar-refractivity contribution in [2.45, 2.75) is 47.7 Å². The summed E-state index contributed by atoms with van der Waals surface area (Å²) in [5.41, 5.74) is 4.01. The predicted molar refractivity (Wildman–Crippen MR) is 72.6 cm³/mol. The molecule has 18 heavy (non-hydrogen) atoms. The fourth-order valence-corrected chi connectivity index (χ4v) is 2.15. The van der Waals surface area contributed by atoms with Gasteiger partial charge < -0.3 is 4.57 Å². The molecule has 0 atom stereocenters. The van der Waals surface area contributed by atoms with E-state index >= 15 is 0 Å². The van der Waals surface area contributed by atoms with Crippen molar-refractivity contribution < 1.29 is 0 Å². The van der Waals surface area contributed by atoms with Crippen LogP contribution in [0.5, 0.6) is 0 Å². The largest absolute Gasteiger partial charge is 0.344 e. The zero-order chi connectivity index (χ0) is 13.3. The van der Waals surface area contributed by atoms with Gasteiger partial charge in [-0.3, -0.25) is 0 Å². The molecule has 0 aliphatic rings. The standard InChI is InChI=1S/C14H22N4/c1-10(2)6-18-14(15-9-16-18)8-17-7-11(3)12(4)13(17)5/h7,9-10H,6,8H2,1-5H3. The van der Waals surface area contributed by atoms with E-state index in [1.54, 1.807) is 6.33 Å². The van der Waals surface area contributed by atoms with Crippen LogP contribution in [-0.2, 0) is 13.1 Å². The average Bonchev–Trinajstić information content (AvgIpc) is 2.81. The third kappa shape index (κ3) is 2.47. The molecule has 0 aromatic carbocycles. The highest BCUT2D eigenvalue weighted by Gasteiger charge is 2.10. The van der Waals surface area contributed by atoms with Crippen molar-refractivity contribution in [3.8, 4) is 0 Å². The topological polar surface area (TPSA) is 35.6 Å². The first kappa shape index (κ1) is 12.9. The number of rotatable bonds is 4. The summed E-state index contributed by atoms with van der Waals surface area (Å²) in [6.07, 6.45) is 3.84. The molecular weight excluding hydrogens is 224 g/mol. The maximum absolute atomic E-state index is 4.38. The lowest BCUT2D eigenvalue weighted by Crippen LogP contribution is -2.13. The van der Waals surface area contributed by atoms with Gasteiger partial charge in [-0.2, -0.15) is 5.10 Å². The van der Waals surface area contributed by atoms with Gasteiger partial charge >= 0.3 is 0 Å². The van der Waals surface area contributed by atoms with E-state index in [1.807, 2.05) is 4.68 Å². The molecule has 0 saturated heterocycles. The van der Waals surface area contributed by atoms with Crippen LogP contribution in [-0.4, -0.2) is 19.3 Å². The fraction of sp³-hybridized carbons (Fsp3) is 0.571. The van der Waals surface area contributed by atoms with E-state index in [1.165, 1.54) is 16.8 Å². The third-order valence-electron chi connectivity index (χ3n) is 3.46. The van der Waals surface area contributed by atoms with Crippen LogP contribution in [0, 0.1) is 26.7 Å². The number of nitrogens with zero attached hydrogens (tertiary/aromatic N) is 4. The van der Waals surface area contributed by atoms with Gasteiger partial charge in [0.1, 0.15) is 12.2 Å². The van der Waals surface area contributed by atoms with Crippen molar-refractivity contribution in [3.05, 3.63) is 35.2 Å². The molecule has 0 unspecified atom stereocenters. The molecule has 0 aliphatic heterocycles. The van der Waals surface area contributed by atoms with Crippen LogP contribution >= 0.6 is 0 Å². The highest BCUT2D eigenvalue weighted by Crippen LogP contribution is 2.16. The summed E-state index contributed by atoms with van der Waals surface area (Å²) in [5, 5.41) is 4.30. The molecule has 0 amide bonds. The third-order valence-corrected chi connectivity index (χ3v) is 3.46. The SMILES string of the molecule is Cc1cn(Cc2ncnn2CC(C)C)c(C)c1C. The minimum atomic E-state index is 0.583. The number of hydrogen-bond donors (Lipinski definition) is 0. The second-order valence-corrected chi connectivity index (χ2v) is 5.40. The quantitative estimate of drug-likeness (QED) is 0.831. The van der Waals surface area contributed by atoms with Gasteiger partial charge in [0.05, 0.1) is 6.54 Å². The molecule has 2 rings (SSSR count). The minimum absolute atomic E-state index is 0.583. The maximum Gasteiger partial charge on any atom is 0.146 e. The summed E-state index contributed by atoms with van der Waals surface area (Å²) in [6.45, 7) is 12.6. The molecule has 0 fully saturated rings. The number of aromatic nitrogens is 4. The molecule has 0 radical (unpaired) electrons. The molecule has 0 saturated carbocycles. The first-order valence-electron chi connectivity index (χ1n) is 6.48. The van der Waals surface area contributed by atoms with E-state index in [2.05, 4.69) is 55.5 Å². The van der Waals surface area contributed by atoms with Crippen LogP contribution in [0.1, 0.15) is 36.5 Å². The van der Waals surface area contributed by atoms with E-state index in [-0.39, 0.29) is 0 Å². The van der Waals surface area contributed by atoms with Crippen LogP contribution < -0.4 is 0 Å². The monoisotopic (exact) mass is 246 g/mol. The highest BCUT2D eigenvalue weighted by atomic mass is 15.3. The van der Waals surface area contributed by atoms with Crippen LogP contribution in [0.15, 0.2) is 12.5 Å². The summed E-state index contributed by atoms with van der Waals surface area (Å²) >= 11 is 0. The Balaban J connectivity index is 2.23. The molecule has 0 spiro atoms. The molecule has 4 nitrogen and oxygen atoms in total. The Labute approximate surface area is 109 Å². The fourth-order valence-electron chi connectivity index (χ4n) is 2.15. The van der Waals surface area contributed by atoms with Gasteiger partial charge in [-0.25, -0.2) is 9.67 Å². The van der Waals surface area contributed by atoms with Gasteiger partial charge in [-0.05, 0) is 37.8 Å². The minimum Gasteiger partial charge on any atom is -0.344 e. The highest BCUT2D eigenvalue weighted by molar-refractivity contribution is 5.29. The van der Waals surface area contributed by atoms with Gasteiger partial charge in [0.25, 0.3) is 0 Å². The summed E-state index contributed by atoms with van der Waals surface area (Å²) in [4.78, 5) is 4.38. The second kappa shape index (κ2) is 4.96. The summed E-state index contributed by atoms with van der Waals surface area (Å²) in [6, 6.07) is 0. The van der Waals surface area contributed by atoms with Crippen LogP contribution in [0.2, 0.25) is 0 Å². The average molecular weight is 246 g/mol. The number of hydrogen-bond acceptors (Lipinski definition) is 2. The molecule has 0 N–H and O–H groups in total. The second-order valence-electron chi connectivity index (χ2n) is 5.40. The van der Waals surface area contributed by atoms with Gasteiger partial charge in [0.2, 0.25) is 0 Å². The van der Waals surface area contributed by atoms with Crippen molar-refractivity contribution in [2.75, 3.05) is 0 Å². The van der Waals surface area contributed by atoms with Crippen LogP contribution in [0.4, 0.5) is 0 Å². The summed E-state index contributed by atoms with van der Waals surface area (Å²) in [7, 11) is 0. The lowest BCUT2D eigenvalue weighted by molar-refractivity contribution is 0.460. The van der Waals surface area contributed by atoms with Gasteiger partial charge in [-0.15, -0.1) is 0 Å². The molecule has 0 bridgehead atoms. The molecule has 98 valence electrons. The summed E-state index contributed by atoms with van der Waals surface area (Å²) in [5.74, 6) is 1.61. The van der Waals surface area contributed by atoms with Crippen molar-refractivity contribution in [2.24, 2.45) is 5.92 Å². The maximum atomic E-state index is 4.38. The Kier molecular flexibility index (Phi) is 3.55.